The van der Waals surface area contributed by atoms with Gasteiger partial charge in [-0.1, -0.05) is 6.92 Å². The highest BCUT2D eigenvalue weighted by Crippen LogP contribution is 2.34. The molecule has 1 saturated heterocycles. The Balaban J connectivity index is 2.10. The smallest absolute Gasteiger partial charge is 0.264 e. The van der Waals surface area contributed by atoms with Crippen LogP contribution in [0.2, 0.25) is 0 Å². The highest BCUT2D eigenvalue weighted by Gasteiger charge is 2.29. The largest absolute Gasteiger partial charge is 0.338 e. The molecule has 0 aromatic carbocycles. The average Bonchev–Trinajstić information content (AvgIpc) is 2.69. The van der Waals surface area contributed by atoms with Gasteiger partial charge >= 0.3 is 0 Å². The first-order chi connectivity index (χ1) is 8.52. The minimum atomic E-state index is 0.122. The van der Waals surface area contributed by atoms with Crippen molar-refractivity contribution in [3.05, 3.63) is 19.2 Å². The van der Waals surface area contributed by atoms with Gasteiger partial charge in [0.25, 0.3) is 5.91 Å². The number of amides is 1. The molecule has 1 aliphatic rings. The SMILES string of the molecule is CC1CCN(C(=O)c2cc(Br)c(Br)s2)CC1CN. The number of carbonyl (C=O) groups excluding carboxylic acids is 1. The molecule has 18 heavy (non-hydrogen) atoms. The van der Waals surface area contributed by atoms with Gasteiger partial charge in [-0.05, 0) is 62.7 Å². The molecule has 2 N–H and O–H groups in total. The van der Waals surface area contributed by atoms with E-state index in [1.54, 1.807) is 0 Å². The number of rotatable bonds is 2. The zero-order chi connectivity index (χ0) is 13.3. The van der Waals surface area contributed by atoms with Gasteiger partial charge < -0.3 is 10.6 Å². The van der Waals surface area contributed by atoms with E-state index in [2.05, 4.69) is 38.8 Å². The number of thiophene rings is 1. The summed E-state index contributed by atoms with van der Waals surface area (Å²) in [6.07, 6.45) is 1.04. The number of likely N-dealkylation sites (tertiary alicyclic amines) is 1. The predicted octanol–water partition coefficient (Wildman–Crippen LogP) is 3.33. The zero-order valence-corrected chi connectivity index (χ0v) is 14.1. The van der Waals surface area contributed by atoms with E-state index in [9.17, 15) is 4.79 Å². The Morgan fingerprint density at radius 2 is 2.33 bits per heavy atom. The number of piperidine rings is 1. The fourth-order valence-electron chi connectivity index (χ4n) is 2.25. The van der Waals surface area contributed by atoms with Gasteiger partial charge in [-0.2, -0.15) is 0 Å². The van der Waals surface area contributed by atoms with E-state index in [0.29, 0.717) is 18.4 Å². The number of nitrogens with zero attached hydrogens (tertiary/aromatic N) is 1. The number of hydrogen-bond donors (Lipinski definition) is 1. The van der Waals surface area contributed by atoms with E-state index >= 15 is 0 Å². The second-order valence-corrected chi connectivity index (χ2v) is 7.97. The molecular formula is C12H16Br2N2OS. The summed E-state index contributed by atoms with van der Waals surface area (Å²) in [6.45, 7) is 4.49. The molecule has 0 radical (unpaired) electrons. The average molecular weight is 396 g/mol. The first-order valence-corrected chi connectivity index (χ1v) is 8.37. The molecule has 2 unspecified atom stereocenters. The third-order valence-electron chi connectivity index (χ3n) is 3.56. The molecule has 0 saturated carbocycles. The molecule has 0 aliphatic carbocycles. The number of halogens is 2. The fraction of sp³-hybridized carbons (Fsp3) is 0.583. The Labute approximate surface area is 128 Å². The summed E-state index contributed by atoms with van der Waals surface area (Å²) in [7, 11) is 0. The first kappa shape index (κ1) is 14.5. The summed E-state index contributed by atoms with van der Waals surface area (Å²) in [5.41, 5.74) is 5.77. The molecule has 0 spiro atoms. The maximum atomic E-state index is 12.4. The van der Waals surface area contributed by atoms with Crippen molar-refractivity contribution in [3.63, 3.8) is 0 Å². The monoisotopic (exact) mass is 394 g/mol. The lowest BCUT2D eigenvalue weighted by atomic mass is 9.87. The molecule has 1 aromatic rings. The fourth-order valence-corrected chi connectivity index (χ4v) is 4.25. The van der Waals surface area contributed by atoms with Crippen LogP contribution in [0.3, 0.4) is 0 Å². The third kappa shape index (κ3) is 2.98. The molecule has 3 nitrogen and oxygen atoms in total. The van der Waals surface area contributed by atoms with E-state index in [4.69, 9.17) is 5.73 Å². The lowest BCUT2D eigenvalue weighted by molar-refractivity contribution is 0.0623. The quantitative estimate of drug-likeness (QED) is 0.834. The second-order valence-electron chi connectivity index (χ2n) is 4.75. The molecule has 6 heteroatoms. The third-order valence-corrected chi connectivity index (χ3v) is 6.80. The van der Waals surface area contributed by atoms with Crippen LogP contribution in [0.5, 0.6) is 0 Å². The maximum Gasteiger partial charge on any atom is 0.264 e. The Morgan fingerprint density at radius 1 is 1.61 bits per heavy atom. The molecule has 2 heterocycles. The van der Waals surface area contributed by atoms with Crippen LogP contribution in [0.4, 0.5) is 0 Å². The summed E-state index contributed by atoms with van der Waals surface area (Å²) in [5, 5.41) is 0. The van der Waals surface area contributed by atoms with Crippen LogP contribution in [-0.4, -0.2) is 30.4 Å². The van der Waals surface area contributed by atoms with E-state index in [0.717, 1.165) is 32.6 Å². The number of carbonyl (C=O) groups is 1. The molecule has 100 valence electrons. The van der Waals surface area contributed by atoms with Gasteiger partial charge in [-0.25, -0.2) is 0 Å². The molecule has 1 aliphatic heterocycles. The van der Waals surface area contributed by atoms with Gasteiger partial charge in [-0.15, -0.1) is 11.3 Å². The van der Waals surface area contributed by atoms with Crippen molar-refractivity contribution >= 4 is 49.1 Å². The van der Waals surface area contributed by atoms with Crippen molar-refractivity contribution in [2.45, 2.75) is 13.3 Å². The van der Waals surface area contributed by atoms with Crippen molar-refractivity contribution in [1.29, 1.82) is 0 Å². The van der Waals surface area contributed by atoms with Crippen LogP contribution >= 0.6 is 43.2 Å². The van der Waals surface area contributed by atoms with Crippen molar-refractivity contribution in [2.75, 3.05) is 19.6 Å². The summed E-state index contributed by atoms with van der Waals surface area (Å²) >= 11 is 8.31. The van der Waals surface area contributed by atoms with Gasteiger partial charge in [0, 0.05) is 17.6 Å². The van der Waals surface area contributed by atoms with E-state index in [-0.39, 0.29) is 5.91 Å². The number of nitrogens with two attached hydrogens (primary N) is 1. The zero-order valence-electron chi connectivity index (χ0n) is 10.2. The maximum absolute atomic E-state index is 12.4. The van der Waals surface area contributed by atoms with Crippen LogP contribution < -0.4 is 5.73 Å². The molecule has 1 fully saturated rings. The molecule has 2 atom stereocenters. The second kappa shape index (κ2) is 6.03. The predicted molar refractivity (Wildman–Crippen MR) is 81.9 cm³/mol. The van der Waals surface area contributed by atoms with Gasteiger partial charge in [0.1, 0.15) is 0 Å². The summed E-state index contributed by atoms with van der Waals surface area (Å²) in [4.78, 5) is 15.1. The summed E-state index contributed by atoms with van der Waals surface area (Å²) in [5.74, 6) is 1.16. The summed E-state index contributed by atoms with van der Waals surface area (Å²) < 4.78 is 1.91. The highest BCUT2D eigenvalue weighted by atomic mass is 79.9. The summed E-state index contributed by atoms with van der Waals surface area (Å²) in [6, 6.07) is 1.88. The minimum Gasteiger partial charge on any atom is -0.338 e. The Bertz CT molecular complexity index is 430. The topological polar surface area (TPSA) is 46.3 Å². The van der Waals surface area contributed by atoms with Crippen LogP contribution in [0.15, 0.2) is 14.3 Å². The standard InChI is InChI=1S/C12H16Br2N2OS/c1-7-2-3-16(6-8(7)5-15)12(17)10-4-9(13)11(14)18-10/h4,7-8H,2-3,5-6,15H2,1H3. The molecule has 1 aromatic heterocycles. The van der Waals surface area contributed by atoms with Crippen molar-refractivity contribution < 1.29 is 4.79 Å². The minimum absolute atomic E-state index is 0.122. The first-order valence-electron chi connectivity index (χ1n) is 5.97. The van der Waals surface area contributed by atoms with Crippen LogP contribution in [0, 0.1) is 11.8 Å². The van der Waals surface area contributed by atoms with Crippen molar-refractivity contribution in [1.82, 2.24) is 4.90 Å². The number of hydrogen-bond acceptors (Lipinski definition) is 3. The van der Waals surface area contributed by atoms with Gasteiger partial charge in [-0.3, -0.25) is 4.79 Å². The lowest BCUT2D eigenvalue weighted by Crippen LogP contribution is -2.45. The van der Waals surface area contributed by atoms with E-state index < -0.39 is 0 Å². The lowest BCUT2D eigenvalue weighted by Gasteiger charge is -2.36. The molecule has 0 bridgehead atoms. The molecular weight excluding hydrogens is 380 g/mol. The van der Waals surface area contributed by atoms with Crippen LogP contribution in [-0.2, 0) is 0 Å². The van der Waals surface area contributed by atoms with Gasteiger partial charge in [0.05, 0.1) is 8.66 Å². The molecule has 1 amide bonds. The Morgan fingerprint density at radius 3 is 2.89 bits per heavy atom. The van der Waals surface area contributed by atoms with Gasteiger partial charge in [0.15, 0.2) is 0 Å². The highest BCUT2D eigenvalue weighted by molar-refractivity contribution is 9.13. The van der Waals surface area contributed by atoms with Crippen molar-refractivity contribution in [2.24, 2.45) is 17.6 Å². The van der Waals surface area contributed by atoms with Crippen molar-refractivity contribution in [3.8, 4) is 0 Å². The van der Waals surface area contributed by atoms with Gasteiger partial charge in [0.2, 0.25) is 0 Å². The Kier molecular flexibility index (Phi) is 4.86. The molecule has 2 rings (SSSR count). The van der Waals surface area contributed by atoms with Crippen LogP contribution in [0.25, 0.3) is 0 Å². The van der Waals surface area contributed by atoms with E-state index in [1.807, 2.05) is 11.0 Å². The van der Waals surface area contributed by atoms with Crippen LogP contribution in [0.1, 0.15) is 23.0 Å². The normalized spacial score (nSPS) is 24.3. The Hall–Kier alpha value is 0.0900. The van der Waals surface area contributed by atoms with E-state index in [1.165, 1.54) is 11.3 Å².